The molecule has 2 aliphatic heterocycles. The van der Waals surface area contributed by atoms with Crippen LogP contribution in [0, 0.1) is 0 Å². The van der Waals surface area contributed by atoms with Crippen molar-refractivity contribution in [2.45, 2.75) is 37.1 Å². The number of carbonyl (C=O) groups is 1. The molecule has 0 spiro atoms. The van der Waals surface area contributed by atoms with Crippen LogP contribution in [0.2, 0.25) is 5.02 Å². The van der Waals surface area contributed by atoms with Crippen LogP contribution in [0.4, 0.5) is 10.5 Å². The van der Waals surface area contributed by atoms with E-state index in [1.54, 1.807) is 7.11 Å². The number of amides is 1. The standard InChI is InChI=1S/C25H30ClN3O3/c1-32-22-16-20-17(15-21(22)28-11-13-29(14-12-28)24(30)31)7-10-27-23(20)25(8-2-9-25)18-3-5-19(26)6-4-18/h3-6,15-16,23,27H,2,7-14H2,1H3,(H,30,31). The lowest BCUT2D eigenvalue weighted by atomic mass is 9.58. The number of methoxy groups -OCH3 is 1. The third kappa shape index (κ3) is 3.59. The molecule has 5 rings (SSSR count). The minimum absolute atomic E-state index is 0.0827. The average molecular weight is 456 g/mol. The van der Waals surface area contributed by atoms with Gasteiger partial charge >= 0.3 is 6.09 Å². The van der Waals surface area contributed by atoms with Crippen LogP contribution < -0.4 is 15.0 Å². The lowest BCUT2D eigenvalue weighted by molar-refractivity contribution is 0.142. The van der Waals surface area contributed by atoms with Gasteiger partial charge in [-0.1, -0.05) is 30.2 Å². The van der Waals surface area contributed by atoms with E-state index in [0.717, 1.165) is 42.3 Å². The highest BCUT2D eigenvalue weighted by molar-refractivity contribution is 6.30. The molecule has 1 aliphatic carbocycles. The van der Waals surface area contributed by atoms with Crippen LogP contribution in [-0.2, 0) is 11.8 Å². The highest BCUT2D eigenvalue weighted by Crippen LogP contribution is 2.54. The van der Waals surface area contributed by atoms with E-state index in [1.807, 2.05) is 12.1 Å². The van der Waals surface area contributed by atoms with Gasteiger partial charge in [0.05, 0.1) is 12.8 Å². The first kappa shape index (κ1) is 21.4. The summed E-state index contributed by atoms with van der Waals surface area (Å²) >= 11 is 6.17. The largest absolute Gasteiger partial charge is 0.495 e. The summed E-state index contributed by atoms with van der Waals surface area (Å²) in [5, 5.41) is 13.9. The number of rotatable bonds is 4. The number of fused-ring (bicyclic) bond motifs is 1. The van der Waals surface area contributed by atoms with Crippen LogP contribution in [0.1, 0.15) is 42.0 Å². The van der Waals surface area contributed by atoms with Crippen molar-refractivity contribution in [1.82, 2.24) is 10.2 Å². The molecule has 7 heteroatoms. The second-order valence-corrected chi connectivity index (χ2v) is 9.57. The molecular weight excluding hydrogens is 426 g/mol. The maximum atomic E-state index is 11.3. The van der Waals surface area contributed by atoms with Gasteiger partial charge in [-0.15, -0.1) is 0 Å². The Hall–Kier alpha value is -2.44. The molecule has 1 unspecified atom stereocenters. The zero-order chi connectivity index (χ0) is 22.3. The SMILES string of the molecule is COc1cc2c(cc1N1CCN(C(=O)O)CC1)CCNC2C1(c2ccc(Cl)cc2)CCC1. The smallest absolute Gasteiger partial charge is 0.407 e. The molecule has 2 heterocycles. The van der Waals surface area contributed by atoms with E-state index in [0.29, 0.717) is 26.2 Å². The van der Waals surface area contributed by atoms with Gasteiger partial charge in [0.1, 0.15) is 5.75 Å². The van der Waals surface area contributed by atoms with Crippen molar-refractivity contribution in [3.05, 3.63) is 58.1 Å². The summed E-state index contributed by atoms with van der Waals surface area (Å²) in [4.78, 5) is 15.0. The van der Waals surface area contributed by atoms with Crippen LogP contribution in [0.3, 0.4) is 0 Å². The molecule has 2 fully saturated rings. The molecule has 1 amide bonds. The summed E-state index contributed by atoms with van der Waals surface area (Å²) in [6, 6.07) is 13.1. The summed E-state index contributed by atoms with van der Waals surface area (Å²) < 4.78 is 5.86. The van der Waals surface area contributed by atoms with Gasteiger partial charge in [-0.25, -0.2) is 4.79 Å². The number of hydrogen-bond acceptors (Lipinski definition) is 4. The highest BCUT2D eigenvalue weighted by atomic mass is 35.5. The Kier molecular flexibility index (Phi) is 5.68. The number of piperazine rings is 1. The number of ether oxygens (including phenoxy) is 1. The van der Waals surface area contributed by atoms with Crippen LogP contribution in [0.5, 0.6) is 5.75 Å². The molecule has 32 heavy (non-hydrogen) atoms. The van der Waals surface area contributed by atoms with Crippen LogP contribution in [-0.4, -0.2) is 55.9 Å². The van der Waals surface area contributed by atoms with Gasteiger partial charge in [-0.05, 0) is 66.8 Å². The maximum Gasteiger partial charge on any atom is 0.407 e. The zero-order valence-corrected chi connectivity index (χ0v) is 19.2. The van der Waals surface area contributed by atoms with Gasteiger partial charge in [-0.3, -0.25) is 0 Å². The molecule has 2 aromatic rings. The van der Waals surface area contributed by atoms with Crippen molar-refractivity contribution >= 4 is 23.4 Å². The number of anilines is 1. The summed E-state index contributed by atoms with van der Waals surface area (Å²) in [5.41, 5.74) is 5.21. The molecule has 2 N–H and O–H groups in total. The quantitative estimate of drug-likeness (QED) is 0.712. The summed E-state index contributed by atoms with van der Waals surface area (Å²) in [6.07, 6.45) is 3.69. The monoisotopic (exact) mass is 455 g/mol. The van der Waals surface area contributed by atoms with Gasteiger partial charge in [0.15, 0.2) is 0 Å². The third-order valence-electron chi connectivity index (χ3n) is 7.60. The summed E-state index contributed by atoms with van der Waals surface area (Å²) in [7, 11) is 1.72. The molecule has 1 atom stereocenters. The molecule has 2 aromatic carbocycles. The zero-order valence-electron chi connectivity index (χ0n) is 18.4. The van der Waals surface area contributed by atoms with Crippen LogP contribution in [0.25, 0.3) is 0 Å². The van der Waals surface area contributed by atoms with E-state index >= 15 is 0 Å². The number of carboxylic acid groups (broad SMARTS) is 1. The lowest BCUT2D eigenvalue weighted by Crippen LogP contribution is -2.49. The Morgan fingerprint density at radius 1 is 1.16 bits per heavy atom. The molecule has 6 nitrogen and oxygen atoms in total. The predicted octanol–water partition coefficient (Wildman–Crippen LogP) is 4.46. The lowest BCUT2D eigenvalue weighted by Gasteiger charge is -2.51. The Morgan fingerprint density at radius 3 is 2.47 bits per heavy atom. The van der Waals surface area contributed by atoms with Gasteiger partial charge in [0.2, 0.25) is 0 Å². The van der Waals surface area contributed by atoms with E-state index < -0.39 is 6.09 Å². The first-order valence-electron chi connectivity index (χ1n) is 11.4. The summed E-state index contributed by atoms with van der Waals surface area (Å²) in [5.74, 6) is 0.867. The Morgan fingerprint density at radius 2 is 1.88 bits per heavy atom. The van der Waals surface area contributed by atoms with Gasteiger partial charge in [0.25, 0.3) is 0 Å². The van der Waals surface area contributed by atoms with E-state index in [1.165, 1.54) is 28.0 Å². The molecule has 0 radical (unpaired) electrons. The number of nitrogens with zero attached hydrogens (tertiary/aromatic N) is 2. The predicted molar refractivity (Wildman–Crippen MR) is 126 cm³/mol. The van der Waals surface area contributed by atoms with Crippen molar-refractivity contribution in [2.75, 3.05) is 44.7 Å². The van der Waals surface area contributed by atoms with Crippen molar-refractivity contribution in [3.63, 3.8) is 0 Å². The highest BCUT2D eigenvalue weighted by Gasteiger charge is 2.47. The Balaban J connectivity index is 1.48. The van der Waals surface area contributed by atoms with Gasteiger partial charge in [0, 0.05) is 42.7 Å². The van der Waals surface area contributed by atoms with E-state index in [2.05, 4.69) is 34.5 Å². The first-order valence-corrected chi connectivity index (χ1v) is 11.8. The summed E-state index contributed by atoms with van der Waals surface area (Å²) in [6.45, 7) is 3.33. The second-order valence-electron chi connectivity index (χ2n) is 9.13. The van der Waals surface area contributed by atoms with Crippen molar-refractivity contribution in [2.24, 2.45) is 0 Å². The number of hydrogen-bond donors (Lipinski definition) is 2. The fraction of sp³-hybridized carbons (Fsp3) is 0.480. The van der Waals surface area contributed by atoms with E-state index in [9.17, 15) is 9.90 Å². The van der Waals surface area contributed by atoms with Gasteiger partial charge < -0.3 is 25.0 Å². The fourth-order valence-corrected chi connectivity index (χ4v) is 5.83. The Bertz CT molecular complexity index is 998. The fourth-order valence-electron chi connectivity index (χ4n) is 5.70. The molecule has 1 saturated heterocycles. The minimum atomic E-state index is -0.844. The second kappa shape index (κ2) is 8.49. The van der Waals surface area contributed by atoms with E-state index in [-0.39, 0.29) is 11.5 Å². The molecule has 1 saturated carbocycles. The molecule has 0 aromatic heterocycles. The van der Waals surface area contributed by atoms with Crippen molar-refractivity contribution < 1.29 is 14.6 Å². The first-order chi connectivity index (χ1) is 15.5. The Labute approximate surface area is 194 Å². The molecule has 0 bridgehead atoms. The van der Waals surface area contributed by atoms with Crippen molar-refractivity contribution in [3.8, 4) is 5.75 Å². The van der Waals surface area contributed by atoms with Gasteiger partial charge in [-0.2, -0.15) is 0 Å². The molecular formula is C25H30ClN3O3. The third-order valence-corrected chi connectivity index (χ3v) is 7.85. The van der Waals surface area contributed by atoms with E-state index in [4.69, 9.17) is 16.3 Å². The topological polar surface area (TPSA) is 65.0 Å². The van der Waals surface area contributed by atoms with Crippen molar-refractivity contribution in [1.29, 1.82) is 0 Å². The number of nitrogens with one attached hydrogen (secondary N) is 1. The molecule has 3 aliphatic rings. The average Bonchev–Trinajstić information content (AvgIpc) is 2.79. The molecule has 170 valence electrons. The number of halogens is 1. The van der Waals surface area contributed by atoms with Crippen LogP contribution >= 0.6 is 11.6 Å². The maximum absolute atomic E-state index is 11.3. The van der Waals surface area contributed by atoms with Crippen LogP contribution in [0.15, 0.2) is 36.4 Å². The minimum Gasteiger partial charge on any atom is -0.495 e. The number of benzene rings is 2. The normalized spacial score (nSPS) is 22.1.